The van der Waals surface area contributed by atoms with Crippen molar-refractivity contribution in [2.45, 2.75) is 12.5 Å². The van der Waals surface area contributed by atoms with Gasteiger partial charge in [0, 0.05) is 29.8 Å². The number of halogens is 1. The van der Waals surface area contributed by atoms with Crippen molar-refractivity contribution in [1.82, 2.24) is 4.90 Å². The van der Waals surface area contributed by atoms with Crippen LogP contribution in [0.2, 0.25) is 0 Å². The van der Waals surface area contributed by atoms with Gasteiger partial charge in [0.1, 0.15) is 11.8 Å². The van der Waals surface area contributed by atoms with Crippen molar-refractivity contribution in [3.8, 4) is 5.75 Å². The number of ether oxygens (including phenoxy) is 1. The smallest absolute Gasteiger partial charge is 0.244 e. The van der Waals surface area contributed by atoms with Crippen molar-refractivity contribution in [2.75, 3.05) is 26.0 Å². The summed E-state index contributed by atoms with van der Waals surface area (Å²) in [5, 5.41) is 3.24. The first-order valence-corrected chi connectivity index (χ1v) is 6.25. The highest BCUT2D eigenvalue weighted by Gasteiger charge is 2.28. The summed E-state index contributed by atoms with van der Waals surface area (Å²) >= 11 is 3.41. The number of rotatable bonds is 3. The summed E-state index contributed by atoms with van der Waals surface area (Å²) in [6, 6.07) is 5.58. The van der Waals surface area contributed by atoms with Crippen LogP contribution in [0.3, 0.4) is 0 Å². The van der Waals surface area contributed by atoms with E-state index in [1.54, 1.807) is 12.0 Å². The first-order valence-electron chi connectivity index (χ1n) is 5.46. The number of benzene rings is 1. The van der Waals surface area contributed by atoms with Crippen LogP contribution in [-0.2, 0) is 4.79 Å². The molecule has 0 saturated carbocycles. The van der Waals surface area contributed by atoms with Gasteiger partial charge in [0.2, 0.25) is 5.91 Å². The summed E-state index contributed by atoms with van der Waals surface area (Å²) in [4.78, 5) is 13.5. The molecule has 4 nitrogen and oxygen atoms in total. The van der Waals surface area contributed by atoms with Crippen LogP contribution in [0.15, 0.2) is 22.7 Å². The third kappa shape index (κ3) is 2.72. The van der Waals surface area contributed by atoms with E-state index in [4.69, 9.17) is 4.74 Å². The predicted molar refractivity (Wildman–Crippen MR) is 70.4 cm³/mol. The van der Waals surface area contributed by atoms with Crippen LogP contribution in [0.4, 0.5) is 5.69 Å². The van der Waals surface area contributed by atoms with Crippen molar-refractivity contribution >= 4 is 27.5 Å². The molecule has 0 radical (unpaired) electrons. The van der Waals surface area contributed by atoms with Crippen LogP contribution in [0, 0.1) is 0 Å². The summed E-state index contributed by atoms with van der Waals surface area (Å²) in [7, 11) is 3.45. The van der Waals surface area contributed by atoms with Gasteiger partial charge in [0.15, 0.2) is 0 Å². The number of nitrogens with one attached hydrogen (secondary N) is 1. The number of likely N-dealkylation sites (N-methyl/N-ethyl adjacent to an activating group) is 1. The molecule has 1 aromatic rings. The highest BCUT2D eigenvalue weighted by molar-refractivity contribution is 9.10. The Bertz CT molecular complexity index is 437. The molecule has 1 aliphatic rings. The average Bonchev–Trinajstić information content (AvgIpc) is 2.60. The maximum atomic E-state index is 11.8. The lowest BCUT2D eigenvalue weighted by molar-refractivity contribution is -0.127. The minimum Gasteiger partial charge on any atom is -0.497 e. The van der Waals surface area contributed by atoms with Gasteiger partial charge in [0.25, 0.3) is 0 Å². The highest BCUT2D eigenvalue weighted by atomic mass is 79.9. The molecular weight excluding hydrogens is 284 g/mol. The molecule has 1 saturated heterocycles. The normalized spacial score (nSPS) is 19.6. The molecule has 1 atom stereocenters. The monoisotopic (exact) mass is 298 g/mol. The lowest BCUT2D eigenvalue weighted by Gasteiger charge is -2.14. The zero-order valence-corrected chi connectivity index (χ0v) is 11.5. The zero-order chi connectivity index (χ0) is 12.4. The number of hydrogen-bond acceptors (Lipinski definition) is 3. The van der Waals surface area contributed by atoms with Gasteiger partial charge in [-0.3, -0.25) is 4.79 Å². The fourth-order valence-corrected chi connectivity index (χ4v) is 2.39. The second-order valence-electron chi connectivity index (χ2n) is 4.13. The molecule has 0 spiro atoms. The molecule has 1 aliphatic heterocycles. The molecule has 17 heavy (non-hydrogen) atoms. The SMILES string of the molecule is COc1cc(Br)cc(NC2CCN(C)C2=O)c1. The average molecular weight is 299 g/mol. The minimum atomic E-state index is -0.126. The largest absolute Gasteiger partial charge is 0.497 e. The lowest BCUT2D eigenvalue weighted by atomic mass is 10.2. The van der Waals surface area contributed by atoms with E-state index in [0.29, 0.717) is 0 Å². The fraction of sp³-hybridized carbons (Fsp3) is 0.417. The number of carbonyl (C=O) groups is 1. The van der Waals surface area contributed by atoms with Gasteiger partial charge in [-0.05, 0) is 18.6 Å². The summed E-state index contributed by atoms with van der Waals surface area (Å²) in [6.45, 7) is 0.807. The maximum Gasteiger partial charge on any atom is 0.244 e. The van der Waals surface area contributed by atoms with E-state index in [0.717, 1.165) is 28.9 Å². The maximum absolute atomic E-state index is 11.8. The number of methoxy groups -OCH3 is 1. The van der Waals surface area contributed by atoms with Gasteiger partial charge in [-0.2, -0.15) is 0 Å². The van der Waals surface area contributed by atoms with E-state index in [9.17, 15) is 4.79 Å². The van der Waals surface area contributed by atoms with Crippen LogP contribution in [0.25, 0.3) is 0 Å². The van der Waals surface area contributed by atoms with Crippen molar-refractivity contribution < 1.29 is 9.53 Å². The van der Waals surface area contributed by atoms with Crippen LogP contribution < -0.4 is 10.1 Å². The Labute approximate surface area is 109 Å². The first-order chi connectivity index (χ1) is 8.10. The number of anilines is 1. The van der Waals surface area contributed by atoms with E-state index in [1.807, 2.05) is 25.2 Å². The lowest BCUT2D eigenvalue weighted by Crippen LogP contribution is -2.30. The van der Waals surface area contributed by atoms with E-state index in [1.165, 1.54) is 0 Å². The molecule has 1 unspecified atom stereocenters. The van der Waals surface area contributed by atoms with Crippen LogP contribution in [0.1, 0.15) is 6.42 Å². The predicted octanol–water partition coefficient (Wildman–Crippen LogP) is 2.10. The van der Waals surface area contributed by atoms with Crippen molar-refractivity contribution in [3.05, 3.63) is 22.7 Å². The van der Waals surface area contributed by atoms with Crippen LogP contribution in [0.5, 0.6) is 5.75 Å². The Morgan fingerprint density at radius 3 is 2.82 bits per heavy atom. The van der Waals surface area contributed by atoms with Gasteiger partial charge in [0.05, 0.1) is 7.11 Å². The minimum absolute atomic E-state index is 0.126. The quantitative estimate of drug-likeness (QED) is 0.929. The molecule has 1 fully saturated rings. The van der Waals surface area contributed by atoms with Crippen LogP contribution >= 0.6 is 15.9 Å². The Morgan fingerprint density at radius 1 is 1.47 bits per heavy atom. The van der Waals surface area contributed by atoms with E-state index < -0.39 is 0 Å². The molecule has 1 aromatic carbocycles. The van der Waals surface area contributed by atoms with Gasteiger partial charge in [-0.25, -0.2) is 0 Å². The number of amides is 1. The molecular formula is C12H15BrN2O2. The molecule has 5 heteroatoms. The van der Waals surface area contributed by atoms with Crippen molar-refractivity contribution in [3.63, 3.8) is 0 Å². The molecule has 2 rings (SSSR count). The Hall–Kier alpha value is -1.23. The number of carbonyl (C=O) groups excluding carboxylic acids is 1. The van der Waals surface area contributed by atoms with Crippen molar-refractivity contribution in [2.24, 2.45) is 0 Å². The second kappa shape index (κ2) is 4.96. The Balaban J connectivity index is 2.13. The Morgan fingerprint density at radius 2 is 2.24 bits per heavy atom. The molecule has 1 N–H and O–H groups in total. The number of likely N-dealkylation sites (tertiary alicyclic amines) is 1. The fourth-order valence-electron chi connectivity index (χ4n) is 1.92. The van der Waals surface area contributed by atoms with Gasteiger partial charge >= 0.3 is 0 Å². The topological polar surface area (TPSA) is 41.6 Å². The zero-order valence-electron chi connectivity index (χ0n) is 9.87. The van der Waals surface area contributed by atoms with Gasteiger partial charge in [-0.1, -0.05) is 15.9 Å². The number of hydrogen-bond donors (Lipinski definition) is 1. The summed E-state index contributed by atoms with van der Waals surface area (Å²) in [5.74, 6) is 0.907. The standard InChI is InChI=1S/C12H15BrN2O2/c1-15-4-3-11(12(15)16)14-9-5-8(13)6-10(7-9)17-2/h5-7,11,14H,3-4H2,1-2H3. The van der Waals surface area contributed by atoms with Crippen molar-refractivity contribution in [1.29, 1.82) is 0 Å². The molecule has 0 aromatic heterocycles. The van der Waals surface area contributed by atoms with Gasteiger partial charge in [-0.15, -0.1) is 0 Å². The molecule has 0 bridgehead atoms. The van der Waals surface area contributed by atoms with E-state index >= 15 is 0 Å². The summed E-state index contributed by atoms with van der Waals surface area (Å²) in [6.07, 6.45) is 0.837. The third-order valence-electron chi connectivity index (χ3n) is 2.88. The van der Waals surface area contributed by atoms with E-state index in [2.05, 4.69) is 21.2 Å². The van der Waals surface area contributed by atoms with Crippen LogP contribution in [-0.4, -0.2) is 37.6 Å². The summed E-state index contributed by atoms with van der Waals surface area (Å²) < 4.78 is 6.11. The second-order valence-corrected chi connectivity index (χ2v) is 5.04. The first kappa shape index (κ1) is 12.2. The molecule has 0 aliphatic carbocycles. The molecule has 92 valence electrons. The Kier molecular flexibility index (Phi) is 3.57. The van der Waals surface area contributed by atoms with E-state index in [-0.39, 0.29) is 11.9 Å². The number of nitrogens with zero attached hydrogens (tertiary/aromatic N) is 1. The highest BCUT2D eigenvalue weighted by Crippen LogP contribution is 2.26. The third-order valence-corrected chi connectivity index (χ3v) is 3.33. The molecule has 1 amide bonds. The summed E-state index contributed by atoms with van der Waals surface area (Å²) in [5.41, 5.74) is 0.893. The molecule has 1 heterocycles. The van der Waals surface area contributed by atoms with Gasteiger partial charge < -0.3 is 15.0 Å².